The molecule has 0 bridgehead atoms. The highest BCUT2D eigenvalue weighted by atomic mass is 79.9. The minimum absolute atomic E-state index is 0.0238. The normalized spacial score (nSPS) is 10.8. The van der Waals surface area contributed by atoms with Crippen LogP contribution in [0.15, 0.2) is 36.2 Å². The summed E-state index contributed by atoms with van der Waals surface area (Å²) in [7, 11) is 0. The fraction of sp³-hybridized carbons (Fsp3) is 0.200. The van der Waals surface area contributed by atoms with Crippen LogP contribution in [0.4, 0.5) is 0 Å². The SMILES string of the molecule is CSc1nnc(Sc2ccc(Br)cc2CO)s1. The molecule has 0 aliphatic carbocycles. The summed E-state index contributed by atoms with van der Waals surface area (Å²) in [6.07, 6.45) is 1.98. The lowest BCUT2D eigenvalue weighted by molar-refractivity contribution is 0.279. The number of halogens is 1. The Kier molecular flexibility index (Phi) is 4.87. The number of thioether (sulfide) groups is 1. The average Bonchev–Trinajstić information content (AvgIpc) is 2.79. The molecule has 17 heavy (non-hydrogen) atoms. The third-order valence-corrected chi connectivity index (χ3v) is 5.51. The van der Waals surface area contributed by atoms with Crippen molar-refractivity contribution in [2.45, 2.75) is 20.2 Å². The predicted molar refractivity (Wildman–Crippen MR) is 75.9 cm³/mol. The van der Waals surface area contributed by atoms with E-state index in [0.717, 1.165) is 23.6 Å². The van der Waals surface area contributed by atoms with Gasteiger partial charge in [-0.05, 0) is 30.0 Å². The summed E-state index contributed by atoms with van der Waals surface area (Å²) in [4.78, 5) is 1.01. The Balaban J connectivity index is 2.23. The Labute approximate surface area is 120 Å². The van der Waals surface area contributed by atoms with Crippen molar-refractivity contribution in [1.29, 1.82) is 0 Å². The van der Waals surface area contributed by atoms with Gasteiger partial charge in [-0.3, -0.25) is 0 Å². The van der Waals surface area contributed by atoms with Crippen LogP contribution < -0.4 is 0 Å². The fourth-order valence-corrected chi connectivity index (χ4v) is 4.09. The lowest BCUT2D eigenvalue weighted by Gasteiger charge is -2.04. The van der Waals surface area contributed by atoms with Crippen LogP contribution in [-0.2, 0) is 6.61 Å². The van der Waals surface area contributed by atoms with Crippen LogP contribution >= 0.6 is 50.8 Å². The molecule has 0 saturated carbocycles. The second kappa shape index (κ2) is 6.19. The molecule has 0 saturated heterocycles. The first-order valence-electron chi connectivity index (χ1n) is 4.67. The van der Waals surface area contributed by atoms with Crippen LogP contribution in [0.2, 0.25) is 0 Å². The van der Waals surface area contributed by atoms with Gasteiger partial charge in [0, 0.05) is 9.37 Å². The van der Waals surface area contributed by atoms with Crippen LogP contribution in [0.5, 0.6) is 0 Å². The Morgan fingerprint density at radius 3 is 2.76 bits per heavy atom. The van der Waals surface area contributed by atoms with Crippen LogP contribution in [0, 0.1) is 0 Å². The van der Waals surface area contributed by atoms with E-state index >= 15 is 0 Å². The topological polar surface area (TPSA) is 46.0 Å². The summed E-state index contributed by atoms with van der Waals surface area (Å²) < 4.78 is 2.81. The molecular weight excluding hydrogens is 340 g/mol. The van der Waals surface area contributed by atoms with Gasteiger partial charge in [0.1, 0.15) is 0 Å². The highest BCUT2D eigenvalue weighted by Crippen LogP contribution is 2.35. The number of aliphatic hydroxyl groups is 1. The Hall–Kier alpha value is -0.0800. The molecule has 0 spiro atoms. The highest BCUT2D eigenvalue weighted by molar-refractivity contribution is 9.10. The third-order valence-electron chi connectivity index (χ3n) is 1.95. The maximum absolute atomic E-state index is 9.30. The van der Waals surface area contributed by atoms with E-state index in [0.29, 0.717) is 0 Å². The van der Waals surface area contributed by atoms with E-state index in [9.17, 15) is 5.11 Å². The number of hydrogen-bond acceptors (Lipinski definition) is 6. The molecule has 0 aliphatic rings. The molecule has 3 nitrogen and oxygen atoms in total. The molecule has 0 atom stereocenters. The van der Waals surface area contributed by atoms with E-state index in [1.165, 1.54) is 11.8 Å². The zero-order chi connectivity index (χ0) is 12.3. The summed E-state index contributed by atoms with van der Waals surface area (Å²) in [6, 6.07) is 5.84. The molecule has 7 heteroatoms. The second-order valence-corrected chi connectivity index (χ2v) is 7.29. The van der Waals surface area contributed by atoms with E-state index < -0.39 is 0 Å². The van der Waals surface area contributed by atoms with E-state index in [1.807, 2.05) is 24.5 Å². The molecule has 1 N–H and O–H groups in total. The molecule has 1 aromatic carbocycles. The number of aromatic nitrogens is 2. The molecule has 0 radical (unpaired) electrons. The number of rotatable bonds is 4. The molecule has 1 aromatic heterocycles. The van der Waals surface area contributed by atoms with Gasteiger partial charge in [0.05, 0.1) is 6.61 Å². The summed E-state index contributed by atoms with van der Waals surface area (Å²) in [6.45, 7) is 0.0238. The molecule has 2 aromatic rings. The van der Waals surface area contributed by atoms with Gasteiger partial charge in [-0.25, -0.2) is 0 Å². The number of nitrogens with zero attached hydrogens (tertiary/aromatic N) is 2. The monoisotopic (exact) mass is 348 g/mol. The van der Waals surface area contributed by atoms with E-state index in [-0.39, 0.29) is 6.61 Å². The molecule has 0 aliphatic heterocycles. The van der Waals surface area contributed by atoms with Crippen molar-refractivity contribution in [3.8, 4) is 0 Å². The lowest BCUT2D eigenvalue weighted by Crippen LogP contribution is -1.87. The van der Waals surface area contributed by atoms with Gasteiger partial charge in [-0.1, -0.05) is 50.8 Å². The molecule has 90 valence electrons. The van der Waals surface area contributed by atoms with Gasteiger partial charge in [-0.2, -0.15) is 0 Å². The number of hydrogen-bond donors (Lipinski definition) is 1. The van der Waals surface area contributed by atoms with Crippen molar-refractivity contribution in [3.63, 3.8) is 0 Å². The third kappa shape index (κ3) is 3.45. The molecule has 2 rings (SSSR count). The first kappa shape index (κ1) is 13.4. The minimum atomic E-state index is 0.0238. The smallest absolute Gasteiger partial charge is 0.179 e. The summed E-state index contributed by atoms with van der Waals surface area (Å²) in [5.41, 5.74) is 0.894. The highest BCUT2D eigenvalue weighted by Gasteiger charge is 2.09. The van der Waals surface area contributed by atoms with Crippen molar-refractivity contribution in [3.05, 3.63) is 28.2 Å². The standard InChI is InChI=1S/C10H9BrN2OS3/c1-15-9-12-13-10(17-9)16-8-3-2-7(11)4-6(8)5-14/h2-4,14H,5H2,1H3. The molecular formula is C10H9BrN2OS3. The Morgan fingerprint density at radius 2 is 2.12 bits per heavy atom. The van der Waals surface area contributed by atoms with Crippen molar-refractivity contribution in [2.75, 3.05) is 6.26 Å². The van der Waals surface area contributed by atoms with Gasteiger partial charge in [0.15, 0.2) is 8.68 Å². The quantitative estimate of drug-likeness (QED) is 0.854. The van der Waals surface area contributed by atoms with Crippen molar-refractivity contribution in [1.82, 2.24) is 10.2 Å². The fourth-order valence-electron chi connectivity index (χ4n) is 1.19. The van der Waals surface area contributed by atoms with Gasteiger partial charge < -0.3 is 5.11 Å². The summed E-state index contributed by atoms with van der Waals surface area (Å²) >= 11 is 8.07. The first-order chi connectivity index (χ1) is 8.22. The number of aliphatic hydroxyl groups excluding tert-OH is 1. The van der Waals surface area contributed by atoms with E-state index in [1.54, 1.807) is 23.1 Å². The molecule has 0 fully saturated rings. The first-order valence-corrected chi connectivity index (χ1v) is 8.32. The maximum Gasteiger partial charge on any atom is 0.179 e. The molecule has 0 amide bonds. The summed E-state index contributed by atoms with van der Waals surface area (Å²) in [5, 5.41) is 17.4. The zero-order valence-corrected chi connectivity index (χ0v) is 12.9. The Bertz CT molecular complexity index is 518. The zero-order valence-electron chi connectivity index (χ0n) is 8.88. The summed E-state index contributed by atoms with van der Waals surface area (Å²) in [5.74, 6) is 0. The van der Waals surface area contributed by atoms with Gasteiger partial charge in [0.2, 0.25) is 0 Å². The molecule has 0 unspecified atom stereocenters. The van der Waals surface area contributed by atoms with Crippen molar-refractivity contribution < 1.29 is 5.11 Å². The average molecular weight is 349 g/mol. The largest absolute Gasteiger partial charge is 0.392 e. The number of benzene rings is 1. The van der Waals surface area contributed by atoms with E-state index in [4.69, 9.17) is 0 Å². The van der Waals surface area contributed by atoms with Gasteiger partial charge in [0.25, 0.3) is 0 Å². The van der Waals surface area contributed by atoms with Gasteiger partial charge >= 0.3 is 0 Å². The predicted octanol–water partition coefficient (Wildman–Crippen LogP) is 3.67. The van der Waals surface area contributed by atoms with Crippen LogP contribution in [0.25, 0.3) is 0 Å². The van der Waals surface area contributed by atoms with Gasteiger partial charge in [-0.15, -0.1) is 10.2 Å². The second-order valence-electron chi connectivity index (χ2n) is 3.05. The van der Waals surface area contributed by atoms with E-state index in [2.05, 4.69) is 26.1 Å². The minimum Gasteiger partial charge on any atom is -0.392 e. The maximum atomic E-state index is 9.30. The molecule has 1 heterocycles. The van der Waals surface area contributed by atoms with Crippen LogP contribution in [0.3, 0.4) is 0 Å². The van der Waals surface area contributed by atoms with Crippen LogP contribution in [0.1, 0.15) is 5.56 Å². The van der Waals surface area contributed by atoms with Crippen LogP contribution in [-0.4, -0.2) is 21.6 Å². The van der Waals surface area contributed by atoms with Crippen molar-refractivity contribution in [2.24, 2.45) is 0 Å². The lowest BCUT2D eigenvalue weighted by atomic mass is 10.2. The Morgan fingerprint density at radius 1 is 1.35 bits per heavy atom. The van der Waals surface area contributed by atoms with Crippen molar-refractivity contribution >= 4 is 50.8 Å².